The second kappa shape index (κ2) is 10.3. The Bertz CT molecular complexity index is 641. The fourth-order valence-electron chi connectivity index (χ4n) is 2.50. The molecule has 0 spiro atoms. The SMILES string of the molecule is NC(=O)[C@H](Cc1ccccc1)NC(=O)CCCCNCc1ccoc1. The van der Waals surface area contributed by atoms with E-state index >= 15 is 0 Å². The van der Waals surface area contributed by atoms with Gasteiger partial charge in [0.1, 0.15) is 6.04 Å². The molecule has 0 unspecified atom stereocenters. The van der Waals surface area contributed by atoms with Crippen molar-refractivity contribution in [2.75, 3.05) is 6.54 Å². The molecule has 2 aromatic rings. The smallest absolute Gasteiger partial charge is 0.240 e. The van der Waals surface area contributed by atoms with Gasteiger partial charge in [-0.05, 0) is 31.0 Å². The molecular formula is C19H25N3O3. The minimum atomic E-state index is -0.672. The highest BCUT2D eigenvalue weighted by Gasteiger charge is 2.18. The van der Waals surface area contributed by atoms with Crippen molar-refractivity contribution < 1.29 is 14.0 Å². The summed E-state index contributed by atoms with van der Waals surface area (Å²) in [6.45, 7) is 1.57. The maximum absolute atomic E-state index is 12.0. The highest BCUT2D eigenvalue weighted by Crippen LogP contribution is 2.04. The van der Waals surface area contributed by atoms with Crippen LogP contribution in [0.1, 0.15) is 30.4 Å². The summed E-state index contributed by atoms with van der Waals surface area (Å²) in [5.41, 5.74) is 7.47. The van der Waals surface area contributed by atoms with Gasteiger partial charge in [-0.2, -0.15) is 0 Å². The molecule has 134 valence electrons. The summed E-state index contributed by atoms with van der Waals surface area (Å²) >= 11 is 0. The van der Waals surface area contributed by atoms with Crippen LogP contribution in [0.3, 0.4) is 0 Å². The molecule has 0 saturated carbocycles. The fourth-order valence-corrected chi connectivity index (χ4v) is 2.50. The maximum atomic E-state index is 12.0. The van der Waals surface area contributed by atoms with Crippen LogP contribution in [0.5, 0.6) is 0 Å². The summed E-state index contributed by atoms with van der Waals surface area (Å²) in [7, 11) is 0. The Hall–Kier alpha value is -2.60. The second-order valence-corrected chi connectivity index (χ2v) is 5.98. The van der Waals surface area contributed by atoms with Crippen LogP contribution >= 0.6 is 0 Å². The molecule has 25 heavy (non-hydrogen) atoms. The highest BCUT2D eigenvalue weighted by molar-refractivity contribution is 5.86. The quantitative estimate of drug-likeness (QED) is 0.542. The average Bonchev–Trinajstić information content (AvgIpc) is 3.11. The lowest BCUT2D eigenvalue weighted by atomic mass is 10.1. The Morgan fingerprint density at radius 1 is 1.08 bits per heavy atom. The van der Waals surface area contributed by atoms with E-state index in [9.17, 15) is 9.59 Å². The molecule has 0 aliphatic carbocycles. The van der Waals surface area contributed by atoms with E-state index in [1.807, 2.05) is 36.4 Å². The standard InChI is InChI=1S/C19H25N3O3/c20-19(24)17(12-15-6-2-1-3-7-15)22-18(23)8-4-5-10-21-13-16-9-11-25-14-16/h1-3,6-7,9,11,14,17,21H,4-5,8,10,12-13H2,(H2,20,24)(H,22,23)/t17-/m0/s1. The molecule has 0 fully saturated rings. The number of hydrogen-bond acceptors (Lipinski definition) is 4. The summed E-state index contributed by atoms with van der Waals surface area (Å²) in [6.07, 6.45) is 5.77. The lowest BCUT2D eigenvalue weighted by molar-refractivity contribution is -0.127. The van der Waals surface area contributed by atoms with Gasteiger partial charge in [0, 0.05) is 24.9 Å². The highest BCUT2D eigenvalue weighted by atomic mass is 16.3. The Labute approximate surface area is 147 Å². The number of unbranched alkanes of at least 4 members (excludes halogenated alkanes) is 1. The van der Waals surface area contributed by atoms with Gasteiger partial charge in [-0.15, -0.1) is 0 Å². The van der Waals surface area contributed by atoms with Gasteiger partial charge < -0.3 is 20.8 Å². The Kier molecular flexibility index (Phi) is 7.72. The number of hydrogen-bond donors (Lipinski definition) is 3. The molecule has 4 N–H and O–H groups in total. The number of carbonyl (C=O) groups is 2. The minimum Gasteiger partial charge on any atom is -0.472 e. The number of rotatable bonds is 11. The molecule has 0 aliphatic rings. The monoisotopic (exact) mass is 343 g/mol. The third kappa shape index (κ3) is 7.22. The Balaban J connectivity index is 1.62. The third-order valence-corrected chi connectivity index (χ3v) is 3.88. The van der Waals surface area contributed by atoms with Gasteiger partial charge in [-0.25, -0.2) is 0 Å². The maximum Gasteiger partial charge on any atom is 0.240 e. The van der Waals surface area contributed by atoms with Gasteiger partial charge in [-0.3, -0.25) is 9.59 Å². The van der Waals surface area contributed by atoms with Crippen molar-refractivity contribution in [3.05, 3.63) is 60.1 Å². The molecule has 6 heteroatoms. The van der Waals surface area contributed by atoms with Crippen molar-refractivity contribution in [3.8, 4) is 0 Å². The van der Waals surface area contributed by atoms with Crippen molar-refractivity contribution in [3.63, 3.8) is 0 Å². The van der Waals surface area contributed by atoms with E-state index in [2.05, 4.69) is 10.6 Å². The number of furan rings is 1. The largest absolute Gasteiger partial charge is 0.472 e. The molecule has 2 rings (SSSR count). The van der Waals surface area contributed by atoms with E-state index in [1.165, 1.54) is 0 Å². The molecule has 6 nitrogen and oxygen atoms in total. The summed E-state index contributed by atoms with van der Waals surface area (Å²) < 4.78 is 4.99. The summed E-state index contributed by atoms with van der Waals surface area (Å²) in [5, 5.41) is 6.02. The molecule has 1 aromatic heterocycles. The molecule has 1 aromatic carbocycles. The Morgan fingerprint density at radius 3 is 2.56 bits per heavy atom. The van der Waals surface area contributed by atoms with Crippen molar-refractivity contribution in [1.29, 1.82) is 0 Å². The van der Waals surface area contributed by atoms with Crippen LogP contribution < -0.4 is 16.4 Å². The first-order valence-corrected chi connectivity index (χ1v) is 8.49. The van der Waals surface area contributed by atoms with Gasteiger partial charge in [-0.1, -0.05) is 30.3 Å². The molecule has 0 radical (unpaired) electrons. The third-order valence-electron chi connectivity index (χ3n) is 3.88. The molecule has 1 atom stereocenters. The lowest BCUT2D eigenvalue weighted by Gasteiger charge is -2.15. The van der Waals surface area contributed by atoms with Crippen LogP contribution in [0.25, 0.3) is 0 Å². The van der Waals surface area contributed by atoms with Gasteiger partial charge in [0.25, 0.3) is 0 Å². The van der Waals surface area contributed by atoms with E-state index in [0.29, 0.717) is 12.8 Å². The van der Waals surface area contributed by atoms with Gasteiger partial charge in [0.05, 0.1) is 12.5 Å². The number of carbonyl (C=O) groups excluding carboxylic acids is 2. The predicted molar refractivity (Wildman–Crippen MR) is 95.5 cm³/mol. The zero-order chi connectivity index (χ0) is 17.9. The molecule has 2 amide bonds. The first-order chi connectivity index (χ1) is 12.1. The van der Waals surface area contributed by atoms with E-state index in [4.69, 9.17) is 10.2 Å². The van der Waals surface area contributed by atoms with Crippen molar-refractivity contribution in [2.45, 2.75) is 38.3 Å². The molecule has 0 bridgehead atoms. The van der Waals surface area contributed by atoms with Crippen molar-refractivity contribution >= 4 is 11.8 Å². The van der Waals surface area contributed by atoms with Gasteiger partial charge in [0.2, 0.25) is 11.8 Å². The zero-order valence-electron chi connectivity index (χ0n) is 14.2. The first-order valence-electron chi connectivity index (χ1n) is 8.49. The van der Waals surface area contributed by atoms with E-state index in [1.54, 1.807) is 12.5 Å². The van der Waals surface area contributed by atoms with Crippen molar-refractivity contribution in [1.82, 2.24) is 10.6 Å². The number of primary amides is 1. The van der Waals surface area contributed by atoms with Gasteiger partial charge >= 0.3 is 0 Å². The van der Waals surface area contributed by atoms with Crippen LogP contribution in [0.4, 0.5) is 0 Å². The fraction of sp³-hybridized carbons (Fsp3) is 0.368. The van der Waals surface area contributed by atoms with Crippen LogP contribution in [0, 0.1) is 0 Å². The number of nitrogens with two attached hydrogens (primary N) is 1. The van der Waals surface area contributed by atoms with Crippen LogP contribution in [0.15, 0.2) is 53.3 Å². The zero-order valence-corrected chi connectivity index (χ0v) is 14.2. The number of amides is 2. The topological polar surface area (TPSA) is 97.4 Å². The second-order valence-electron chi connectivity index (χ2n) is 5.98. The Morgan fingerprint density at radius 2 is 1.88 bits per heavy atom. The average molecular weight is 343 g/mol. The lowest BCUT2D eigenvalue weighted by Crippen LogP contribution is -2.45. The van der Waals surface area contributed by atoms with Crippen LogP contribution in [-0.2, 0) is 22.6 Å². The van der Waals surface area contributed by atoms with E-state index in [-0.39, 0.29) is 5.91 Å². The van der Waals surface area contributed by atoms with Crippen LogP contribution in [-0.4, -0.2) is 24.4 Å². The summed E-state index contributed by atoms with van der Waals surface area (Å²) in [6, 6.07) is 10.8. The molecular weight excluding hydrogens is 318 g/mol. The molecule has 0 aliphatic heterocycles. The van der Waals surface area contributed by atoms with Crippen LogP contribution in [0.2, 0.25) is 0 Å². The molecule has 0 saturated heterocycles. The summed E-state index contributed by atoms with van der Waals surface area (Å²) in [4.78, 5) is 23.6. The summed E-state index contributed by atoms with van der Waals surface area (Å²) in [5.74, 6) is -0.659. The predicted octanol–water partition coefficient (Wildman–Crippen LogP) is 1.75. The minimum absolute atomic E-state index is 0.144. The van der Waals surface area contributed by atoms with E-state index < -0.39 is 11.9 Å². The van der Waals surface area contributed by atoms with E-state index in [0.717, 1.165) is 37.1 Å². The molecule has 1 heterocycles. The number of nitrogens with one attached hydrogen (secondary N) is 2. The normalized spacial score (nSPS) is 11.8. The van der Waals surface area contributed by atoms with Gasteiger partial charge in [0.15, 0.2) is 0 Å². The van der Waals surface area contributed by atoms with Crippen molar-refractivity contribution in [2.24, 2.45) is 5.73 Å². The number of benzene rings is 1. The first kappa shape index (κ1) is 18.7.